The molecule has 0 aromatic heterocycles. The number of hydrogen-bond acceptors (Lipinski definition) is 4. The second-order valence-electron chi connectivity index (χ2n) is 9.16. The normalized spacial score (nSPS) is 15.6. The van der Waals surface area contributed by atoms with Gasteiger partial charge in [-0.2, -0.15) is 0 Å². The molecule has 9 heteroatoms. The van der Waals surface area contributed by atoms with Gasteiger partial charge < -0.3 is 10.6 Å². The topological polar surface area (TPSA) is 95.6 Å². The van der Waals surface area contributed by atoms with Crippen molar-refractivity contribution in [3.8, 4) is 0 Å². The maximum absolute atomic E-state index is 13.0. The van der Waals surface area contributed by atoms with Crippen LogP contribution >= 0.6 is 11.6 Å². The zero-order valence-electron chi connectivity index (χ0n) is 20.6. The van der Waals surface area contributed by atoms with E-state index in [-0.39, 0.29) is 42.6 Å². The highest BCUT2D eigenvalue weighted by molar-refractivity contribution is 7.88. The molecule has 0 spiro atoms. The first-order valence-electron chi connectivity index (χ1n) is 12.2. The molecule has 0 bridgehead atoms. The molecule has 0 aliphatic carbocycles. The number of para-hydroxylation sites is 1. The van der Waals surface area contributed by atoms with E-state index >= 15 is 0 Å². The van der Waals surface area contributed by atoms with Gasteiger partial charge in [0, 0.05) is 24.0 Å². The van der Waals surface area contributed by atoms with E-state index in [0.29, 0.717) is 34.7 Å². The molecule has 0 saturated carbocycles. The standard InChI is InChI=1S/C28H30ClN3O4S/c1-20(21-9-3-2-4-10-21)30-28(34)24-12-6-8-14-26(24)31-27(33)22-15-17-32(18-16-22)37(35,36)19-23-11-5-7-13-25(23)29/h2-14,20,22H,15-19H2,1H3,(H,30,34)(H,31,33)/t20-/m1/s1. The Kier molecular flexibility index (Phi) is 8.63. The Hall–Kier alpha value is -3.20. The lowest BCUT2D eigenvalue weighted by atomic mass is 9.97. The number of hydrogen-bond donors (Lipinski definition) is 2. The van der Waals surface area contributed by atoms with Gasteiger partial charge in [-0.15, -0.1) is 0 Å². The molecule has 1 fully saturated rings. The average Bonchev–Trinajstić information content (AvgIpc) is 2.90. The Bertz CT molecular complexity index is 1360. The van der Waals surface area contributed by atoms with Gasteiger partial charge in [0.2, 0.25) is 15.9 Å². The van der Waals surface area contributed by atoms with Crippen molar-refractivity contribution >= 4 is 39.1 Å². The number of carbonyl (C=O) groups is 2. The van der Waals surface area contributed by atoms with Crippen LogP contribution in [-0.4, -0.2) is 37.6 Å². The Balaban J connectivity index is 1.36. The Labute approximate surface area is 222 Å². The summed E-state index contributed by atoms with van der Waals surface area (Å²) in [5.74, 6) is -1.04. The first kappa shape index (κ1) is 26.9. The lowest BCUT2D eigenvalue weighted by Gasteiger charge is -2.30. The van der Waals surface area contributed by atoms with E-state index in [4.69, 9.17) is 11.6 Å². The summed E-state index contributed by atoms with van der Waals surface area (Å²) < 4.78 is 27.2. The van der Waals surface area contributed by atoms with E-state index in [1.807, 2.05) is 37.3 Å². The van der Waals surface area contributed by atoms with Crippen LogP contribution < -0.4 is 10.6 Å². The van der Waals surface area contributed by atoms with E-state index in [2.05, 4.69) is 10.6 Å². The number of benzene rings is 3. The van der Waals surface area contributed by atoms with Crippen molar-refractivity contribution in [2.45, 2.75) is 31.6 Å². The average molecular weight is 540 g/mol. The molecule has 3 aromatic rings. The minimum Gasteiger partial charge on any atom is -0.345 e. The molecule has 194 valence electrons. The molecule has 0 unspecified atom stereocenters. The summed E-state index contributed by atoms with van der Waals surface area (Å²) in [5.41, 5.74) is 2.34. The minimum atomic E-state index is -3.56. The third-order valence-corrected chi connectivity index (χ3v) is 8.79. The number of amides is 2. The summed E-state index contributed by atoms with van der Waals surface area (Å²) in [6, 6.07) is 23.2. The van der Waals surface area contributed by atoms with Crippen LogP contribution in [0.4, 0.5) is 5.69 Å². The fourth-order valence-corrected chi connectivity index (χ4v) is 6.30. The van der Waals surface area contributed by atoms with Crippen LogP contribution in [0.1, 0.15) is 47.3 Å². The molecule has 1 aliphatic rings. The zero-order valence-corrected chi connectivity index (χ0v) is 22.1. The summed E-state index contributed by atoms with van der Waals surface area (Å²) in [6.45, 7) is 2.41. The molecule has 2 amide bonds. The van der Waals surface area contributed by atoms with E-state index < -0.39 is 10.0 Å². The first-order valence-corrected chi connectivity index (χ1v) is 14.2. The quantitative estimate of drug-likeness (QED) is 0.420. The second-order valence-corrected chi connectivity index (χ2v) is 11.5. The predicted octanol–water partition coefficient (Wildman–Crippen LogP) is 5.01. The smallest absolute Gasteiger partial charge is 0.253 e. The van der Waals surface area contributed by atoms with E-state index in [1.165, 1.54) is 4.31 Å². The molecular formula is C28H30ClN3O4S. The predicted molar refractivity (Wildman–Crippen MR) is 146 cm³/mol. The molecule has 1 saturated heterocycles. The summed E-state index contributed by atoms with van der Waals surface area (Å²) in [7, 11) is -3.56. The minimum absolute atomic E-state index is 0.173. The first-order chi connectivity index (χ1) is 17.7. The number of carbonyl (C=O) groups excluding carboxylic acids is 2. The monoisotopic (exact) mass is 539 g/mol. The highest BCUT2D eigenvalue weighted by Crippen LogP contribution is 2.26. The highest BCUT2D eigenvalue weighted by atomic mass is 35.5. The van der Waals surface area contributed by atoms with Gasteiger partial charge in [-0.3, -0.25) is 9.59 Å². The number of nitrogens with zero attached hydrogens (tertiary/aromatic N) is 1. The van der Waals surface area contributed by atoms with Crippen LogP contribution in [0.2, 0.25) is 5.02 Å². The number of rotatable bonds is 8. The van der Waals surface area contributed by atoms with Gasteiger partial charge in [0.15, 0.2) is 0 Å². The summed E-state index contributed by atoms with van der Waals surface area (Å²) >= 11 is 6.14. The van der Waals surface area contributed by atoms with Crippen LogP contribution in [0.15, 0.2) is 78.9 Å². The van der Waals surface area contributed by atoms with Crippen molar-refractivity contribution < 1.29 is 18.0 Å². The zero-order chi connectivity index (χ0) is 26.4. The highest BCUT2D eigenvalue weighted by Gasteiger charge is 2.32. The summed E-state index contributed by atoms with van der Waals surface area (Å²) in [4.78, 5) is 26.0. The van der Waals surface area contributed by atoms with Gasteiger partial charge >= 0.3 is 0 Å². The van der Waals surface area contributed by atoms with Crippen molar-refractivity contribution in [1.82, 2.24) is 9.62 Å². The number of sulfonamides is 1. The lowest BCUT2D eigenvalue weighted by molar-refractivity contribution is -0.120. The van der Waals surface area contributed by atoms with Crippen LogP contribution in [-0.2, 0) is 20.6 Å². The van der Waals surface area contributed by atoms with Crippen LogP contribution in [0.3, 0.4) is 0 Å². The van der Waals surface area contributed by atoms with E-state index in [1.54, 1.807) is 48.5 Å². The maximum atomic E-state index is 13.0. The van der Waals surface area contributed by atoms with Crippen molar-refractivity contribution in [3.05, 3.63) is 101 Å². The molecule has 37 heavy (non-hydrogen) atoms. The Morgan fingerprint density at radius 3 is 2.27 bits per heavy atom. The van der Waals surface area contributed by atoms with Gasteiger partial charge in [-0.25, -0.2) is 12.7 Å². The fourth-order valence-electron chi connectivity index (χ4n) is 4.42. The molecule has 0 radical (unpaired) electrons. The molecule has 3 aromatic carbocycles. The molecule has 4 rings (SSSR count). The largest absolute Gasteiger partial charge is 0.345 e. The summed E-state index contributed by atoms with van der Waals surface area (Å²) in [5, 5.41) is 6.29. The van der Waals surface area contributed by atoms with Gasteiger partial charge in [-0.05, 0) is 49.1 Å². The Morgan fingerprint density at radius 1 is 0.946 bits per heavy atom. The third-order valence-electron chi connectivity index (χ3n) is 6.59. The SMILES string of the molecule is C[C@@H](NC(=O)c1ccccc1NC(=O)C1CCN(S(=O)(=O)Cc2ccccc2Cl)CC1)c1ccccc1. The van der Waals surface area contributed by atoms with Crippen LogP contribution in [0.25, 0.3) is 0 Å². The molecule has 1 atom stereocenters. The molecule has 1 heterocycles. The Morgan fingerprint density at radius 2 is 1.57 bits per heavy atom. The van der Waals surface area contributed by atoms with Crippen molar-refractivity contribution in [2.75, 3.05) is 18.4 Å². The number of anilines is 1. The van der Waals surface area contributed by atoms with E-state index in [9.17, 15) is 18.0 Å². The van der Waals surface area contributed by atoms with Crippen LogP contribution in [0.5, 0.6) is 0 Å². The molecule has 2 N–H and O–H groups in total. The number of halogens is 1. The third kappa shape index (κ3) is 6.77. The van der Waals surface area contributed by atoms with Gasteiger partial charge in [0.05, 0.1) is 23.0 Å². The van der Waals surface area contributed by atoms with Gasteiger partial charge in [-0.1, -0.05) is 72.3 Å². The van der Waals surface area contributed by atoms with Crippen LogP contribution in [0, 0.1) is 5.92 Å². The number of piperidine rings is 1. The maximum Gasteiger partial charge on any atom is 0.253 e. The lowest BCUT2D eigenvalue weighted by Crippen LogP contribution is -2.42. The van der Waals surface area contributed by atoms with E-state index in [0.717, 1.165) is 5.56 Å². The molecule has 1 aliphatic heterocycles. The number of nitrogens with one attached hydrogen (secondary N) is 2. The fraction of sp³-hybridized carbons (Fsp3) is 0.286. The van der Waals surface area contributed by atoms with Crippen molar-refractivity contribution in [2.24, 2.45) is 5.92 Å². The van der Waals surface area contributed by atoms with Gasteiger partial charge in [0.1, 0.15) is 0 Å². The van der Waals surface area contributed by atoms with Crippen molar-refractivity contribution in [1.29, 1.82) is 0 Å². The second kappa shape index (κ2) is 11.9. The van der Waals surface area contributed by atoms with Gasteiger partial charge in [0.25, 0.3) is 5.91 Å². The van der Waals surface area contributed by atoms with Crippen molar-refractivity contribution in [3.63, 3.8) is 0 Å². The molecule has 7 nitrogen and oxygen atoms in total. The molecular weight excluding hydrogens is 510 g/mol. The summed E-state index contributed by atoms with van der Waals surface area (Å²) in [6.07, 6.45) is 0.792.